The van der Waals surface area contributed by atoms with E-state index in [-0.39, 0.29) is 40.5 Å². The molecule has 208 valence electrons. The molecule has 1 fully saturated rings. The van der Waals surface area contributed by atoms with Gasteiger partial charge in [-0.1, -0.05) is 0 Å². The van der Waals surface area contributed by atoms with Crippen molar-refractivity contribution < 1.29 is 59.2 Å². The number of phenols is 3. The summed E-state index contributed by atoms with van der Waals surface area (Å²) in [6.07, 6.45) is -6.85. The first-order chi connectivity index (χ1) is 18.3. The highest BCUT2D eigenvalue weighted by Crippen LogP contribution is 2.52. The minimum atomic E-state index is -2.48. The number of hydrogen-bond acceptors (Lipinski definition) is 12. The molecule has 7 atom stereocenters. The highest BCUT2D eigenvalue weighted by atomic mass is 16.7. The summed E-state index contributed by atoms with van der Waals surface area (Å²) in [4.78, 5) is 40.2. The number of ether oxygens (including phenoxy) is 3. The van der Waals surface area contributed by atoms with E-state index >= 15 is 0 Å². The number of aromatic hydroxyl groups is 3. The molecular formula is C27H28O12. The second kappa shape index (κ2) is 9.28. The summed E-state index contributed by atoms with van der Waals surface area (Å²) in [5.74, 6) is -6.48. The van der Waals surface area contributed by atoms with Gasteiger partial charge in [-0.3, -0.25) is 14.4 Å². The minimum Gasteiger partial charge on any atom is -0.508 e. The number of carbonyl (C=O) groups excluding carboxylic acids is 3. The van der Waals surface area contributed by atoms with Crippen molar-refractivity contribution in [2.75, 3.05) is 7.11 Å². The molecule has 12 heteroatoms. The van der Waals surface area contributed by atoms with Crippen LogP contribution in [0.4, 0.5) is 0 Å². The maximum atomic E-state index is 14.4. The zero-order valence-electron chi connectivity index (χ0n) is 21.2. The van der Waals surface area contributed by atoms with Crippen LogP contribution in [0.25, 0.3) is 10.8 Å². The van der Waals surface area contributed by atoms with E-state index < -0.39 is 82.4 Å². The molecular weight excluding hydrogens is 516 g/mol. The van der Waals surface area contributed by atoms with Crippen molar-refractivity contribution in [1.82, 2.24) is 0 Å². The van der Waals surface area contributed by atoms with E-state index in [4.69, 9.17) is 14.2 Å². The van der Waals surface area contributed by atoms with Gasteiger partial charge in [-0.2, -0.15) is 0 Å². The fourth-order valence-corrected chi connectivity index (χ4v) is 6.04. The molecule has 3 aliphatic rings. The fraction of sp³-hybridized carbons (Fsp3) is 0.444. The Balaban J connectivity index is 1.78. The number of aliphatic hydroxyl groups excluding tert-OH is 3. The van der Waals surface area contributed by atoms with Gasteiger partial charge in [0.25, 0.3) is 0 Å². The summed E-state index contributed by atoms with van der Waals surface area (Å²) in [6.45, 7) is 2.49. The number of carbonyl (C=O) groups is 3. The van der Waals surface area contributed by atoms with Crippen molar-refractivity contribution in [2.45, 2.75) is 63.0 Å². The number of phenolic OH excluding ortho intramolecular Hbond substituents is 3. The summed E-state index contributed by atoms with van der Waals surface area (Å²) in [6, 6.07) is 3.70. The van der Waals surface area contributed by atoms with Crippen molar-refractivity contribution in [3.8, 4) is 17.2 Å². The first kappa shape index (κ1) is 27.0. The number of aliphatic hydroxyl groups is 3. The van der Waals surface area contributed by atoms with Crippen LogP contribution < -0.4 is 0 Å². The highest BCUT2D eigenvalue weighted by molar-refractivity contribution is 6.25. The lowest BCUT2D eigenvalue weighted by Gasteiger charge is -2.50. The molecule has 6 N–H and O–H groups in total. The molecule has 2 aromatic carbocycles. The molecule has 0 unspecified atom stereocenters. The lowest BCUT2D eigenvalue weighted by Crippen LogP contribution is -2.65. The standard InChI is InChI=1S/C27H28O12/c1-9(28)18-23(34)24(37-3)14-6-12-4-11-5-13(29)7-15(30)19(11)22(33)20(12)26(36)27(14,25(18)35)39-17-8-16(31)21(32)10(2)38-17/h4-5,7,10,14,16-17,21,24,29-33,35H,6,8H2,1-3H3/t10-,14+,16-,17+,21-,24+,27-/m1/s1. The van der Waals surface area contributed by atoms with E-state index in [0.29, 0.717) is 0 Å². The van der Waals surface area contributed by atoms with Crippen LogP contribution in [0.15, 0.2) is 29.5 Å². The van der Waals surface area contributed by atoms with Gasteiger partial charge in [-0.05, 0) is 43.4 Å². The van der Waals surface area contributed by atoms with E-state index in [9.17, 15) is 45.0 Å². The van der Waals surface area contributed by atoms with Crippen molar-refractivity contribution >= 4 is 28.1 Å². The topological polar surface area (TPSA) is 200 Å². The Morgan fingerprint density at radius 3 is 2.41 bits per heavy atom. The van der Waals surface area contributed by atoms with Gasteiger partial charge >= 0.3 is 0 Å². The number of rotatable bonds is 4. The SMILES string of the molecule is CO[C@@H]1C(=O)C(C(C)=O)=C(O)[C@@]2(O[C@H]3C[C@@H](O)[C@H](O)[C@@H](C)O3)C(=O)c3c(cc4cc(O)cc(O)c4c3O)C[C@@H]12. The smallest absolute Gasteiger partial charge is 0.207 e. The molecule has 0 radical (unpaired) electrons. The number of methoxy groups -OCH3 is 1. The molecule has 1 heterocycles. The predicted molar refractivity (Wildman–Crippen MR) is 131 cm³/mol. The number of fused-ring (bicyclic) bond motifs is 3. The third kappa shape index (κ3) is 3.82. The van der Waals surface area contributed by atoms with Crippen molar-refractivity contribution in [3.05, 3.63) is 40.7 Å². The molecule has 5 rings (SSSR count). The van der Waals surface area contributed by atoms with E-state index in [2.05, 4.69) is 0 Å². The van der Waals surface area contributed by atoms with Gasteiger partial charge in [0, 0.05) is 25.5 Å². The maximum absolute atomic E-state index is 14.4. The van der Waals surface area contributed by atoms with Crippen LogP contribution in [0.3, 0.4) is 0 Å². The Morgan fingerprint density at radius 1 is 1.10 bits per heavy atom. The fourth-order valence-electron chi connectivity index (χ4n) is 6.04. The molecule has 2 aliphatic carbocycles. The van der Waals surface area contributed by atoms with E-state index in [1.54, 1.807) is 0 Å². The number of benzene rings is 2. The summed E-state index contributed by atoms with van der Waals surface area (Å²) >= 11 is 0. The Labute approximate surface area is 221 Å². The largest absolute Gasteiger partial charge is 0.508 e. The monoisotopic (exact) mass is 544 g/mol. The van der Waals surface area contributed by atoms with Crippen LogP contribution in [0.1, 0.15) is 36.2 Å². The van der Waals surface area contributed by atoms with Crippen LogP contribution >= 0.6 is 0 Å². The number of Topliss-reactive ketones (excluding diaryl/α,β-unsaturated/α-hetero) is 3. The zero-order chi connectivity index (χ0) is 28.5. The third-order valence-corrected chi connectivity index (χ3v) is 7.84. The molecule has 0 bridgehead atoms. The number of hydrogen-bond donors (Lipinski definition) is 6. The molecule has 0 spiro atoms. The van der Waals surface area contributed by atoms with Crippen LogP contribution in [0.5, 0.6) is 17.2 Å². The second-order valence-corrected chi connectivity index (χ2v) is 10.2. The first-order valence-electron chi connectivity index (χ1n) is 12.3. The Kier molecular flexibility index (Phi) is 6.43. The Bertz CT molecular complexity index is 1430. The normalized spacial score (nSPS) is 32.7. The molecule has 0 saturated carbocycles. The average Bonchev–Trinajstić information content (AvgIpc) is 2.83. The molecule has 12 nitrogen and oxygen atoms in total. The molecule has 0 aromatic heterocycles. The van der Waals surface area contributed by atoms with E-state index in [1.165, 1.54) is 26.2 Å². The van der Waals surface area contributed by atoms with Crippen LogP contribution in [-0.4, -0.2) is 91.4 Å². The molecule has 39 heavy (non-hydrogen) atoms. The zero-order valence-corrected chi connectivity index (χ0v) is 21.2. The Morgan fingerprint density at radius 2 is 1.79 bits per heavy atom. The van der Waals surface area contributed by atoms with Crippen molar-refractivity contribution in [3.63, 3.8) is 0 Å². The molecule has 1 aliphatic heterocycles. The summed E-state index contributed by atoms with van der Waals surface area (Å²) in [7, 11) is 1.20. The van der Waals surface area contributed by atoms with E-state index in [0.717, 1.165) is 13.0 Å². The average molecular weight is 545 g/mol. The Hall–Kier alpha value is -3.55. The summed E-state index contributed by atoms with van der Waals surface area (Å²) in [5.41, 5.74) is -3.33. The first-order valence-corrected chi connectivity index (χ1v) is 12.3. The van der Waals surface area contributed by atoms with Crippen LogP contribution in [-0.2, 0) is 30.2 Å². The maximum Gasteiger partial charge on any atom is 0.207 e. The predicted octanol–water partition coefficient (Wildman–Crippen LogP) is 0.923. The lowest BCUT2D eigenvalue weighted by atomic mass is 9.62. The molecule has 0 amide bonds. The summed E-state index contributed by atoms with van der Waals surface area (Å²) in [5, 5.41) is 63.6. The lowest BCUT2D eigenvalue weighted by molar-refractivity contribution is -0.281. The van der Waals surface area contributed by atoms with Gasteiger partial charge in [0.2, 0.25) is 5.78 Å². The quantitative estimate of drug-likeness (QED) is 0.298. The van der Waals surface area contributed by atoms with E-state index in [1.807, 2.05) is 0 Å². The molecule has 2 aromatic rings. The van der Waals surface area contributed by atoms with Gasteiger partial charge in [0.15, 0.2) is 23.5 Å². The number of ketones is 3. The van der Waals surface area contributed by atoms with Gasteiger partial charge < -0.3 is 44.8 Å². The third-order valence-electron chi connectivity index (χ3n) is 7.84. The van der Waals surface area contributed by atoms with Gasteiger partial charge in [-0.15, -0.1) is 0 Å². The molecule has 1 saturated heterocycles. The van der Waals surface area contributed by atoms with Crippen molar-refractivity contribution in [1.29, 1.82) is 0 Å². The van der Waals surface area contributed by atoms with Gasteiger partial charge in [-0.25, -0.2) is 0 Å². The van der Waals surface area contributed by atoms with Gasteiger partial charge in [0.1, 0.15) is 40.8 Å². The van der Waals surface area contributed by atoms with Gasteiger partial charge in [0.05, 0.1) is 23.2 Å². The minimum absolute atomic E-state index is 0.153. The highest BCUT2D eigenvalue weighted by Gasteiger charge is 2.65. The summed E-state index contributed by atoms with van der Waals surface area (Å²) < 4.78 is 17.2. The van der Waals surface area contributed by atoms with Crippen LogP contribution in [0, 0.1) is 5.92 Å². The van der Waals surface area contributed by atoms with Crippen molar-refractivity contribution in [2.24, 2.45) is 5.92 Å². The second-order valence-electron chi connectivity index (χ2n) is 10.2. The van der Waals surface area contributed by atoms with Crippen LogP contribution in [0.2, 0.25) is 0 Å².